The zero-order valence-corrected chi connectivity index (χ0v) is 13.9. The van der Waals surface area contributed by atoms with Gasteiger partial charge < -0.3 is 0 Å². The summed E-state index contributed by atoms with van der Waals surface area (Å²) in [5, 5.41) is 0. The van der Waals surface area contributed by atoms with Gasteiger partial charge in [-0.2, -0.15) is 0 Å². The number of rotatable bonds is 3. The van der Waals surface area contributed by atoms with Crippen molar-refractivity contribution in [3.63, 3.8) is 0 Å². The maximum atomic E-state index is 4.80. The van der Waals surface area contributed by atoms with E-state index in [-0.39, 0.29) is 0 Å². The SMILES string of the molecule is Cc1cccc(-c2cc(-c3ccccn3)nc(-c3ccccc3)n2)c1. The summed E-state index contributed by atoms with van der Waals surface area (Å²) in [7, 11) is 0. The molecule has 2 aromatic heterocycles. The summed E-state index contributed by atoms with van der Waals surface area (Å²) in [5.74, 6) is 0.709. The summed E-state index contributed by atoms with van der Waals surface area (Å²) in [6.07, 6.45) is 1.78. The Morgan fingerprint density at radius 1 is 0.600 bits per heavy atom. The van der Waals surface area contributed by atoms with E-state index in [9.17, 15) is 0 Å². The largest absolute Gasteiger partial charge is 0.255 e. The third-order valence-corrected chi connectivity index (χ3v) is 4.00. The molecular formula is C22H17N3. The second-order valence-corrected chi connectivity index (χ2v) is 5.91. The van der Waals surface area contributed by atoms with Crippen molar-refractivity contribution in [2.75, 3.05) is 0 Å². The van der Waals surface area contributed by atoms with E-state index in [1.54, 1.807) is 6.20 Å². The first-order chi connectivity index (χ1) is 12.3. The van der Waals surface area contributed by atoms with E-state index in [0.29, 0.717) is 5.82 Å². The van der Waals surface area contributed by atoms with Crippen molar-refractivity contribution in [1.82, 2.24) is 15.0 Å². The molecule has 25 heavy (non-hydrogen) atoms. The highest BCUT2D eigenvalue weighted by Gasteiger charge is 2.10. The lowest BCUT2D eigenvalue weighted by Gasteiger charge is -2.09. The molecule has 0 unspecified atom stereocenters. The smallest absolute Gasteiger partial charge is 0.160 e. The van der Waals surface area contributed by atoms with Gasteiger partial charge in [0.25, 0.3) is 0 Å². The van der Waals surface area contributed by atoms with E-state index in [2.05, 4.69) is 36.2 Å². The number of aryl methyl sites for hydroxylation is 1. The molecule has 3 heteroatoms. The Morgan fingerprint density at radius 3 is 2.12 bits per heavy atom. The van der Waals surface area contributed by atoms with Crippen LogP contribution >= 0.6 is 0 Å². The molecule has 0 aliphatic carbocycles. The zero-order chi connectivity index (χ0) is 17.1. The molecule has 0 atom stereocenters. The van der Waals surface area contributed by atoms with Gasteiger partial charge in [0.05, 0.1) is 17.1 Å². The maximum Gasteiger partial charge on any atom is 0.160 e. The quantitative estimate of drug-likeness (QED) is 0.521. The van der Waals surface area contributed by atoms with E-state index in [4.69, 9.17) is 9.97 Å². The van der Waals surface area contributed by atoms with Crippen molar-refractivity contribution in [2.45, 2.75) is 6.92 Å². The molecule has 0 fully saturated rings. The van der Waals surface area contributed by atoms with Crippen molar-refractivity contribution in [2.24, 2.45) is 0 Å². The third-order valence-electron chi connectivity index (χ3n) is 4.00. The van der Waals surface area contributed by atoms with Gasteiger partial charge in [0.2, 0.25) is 0 Å². The summed E-state index contributed by atoms with van der Waals surface area (Å²) in [6, 6.07) is 26.2. The number of hydrogen-bond donors (Lipinski definition) is 0. The second kappa shape index (κ2) is 6.65. The van der Waals surface area contributed by atoms with Crippen LogP contribution in [0.5, 0.6) is 0 Å². The number of pyridine rings is 1. The van der Waals surface area contributed by atoms with Crippen molar-refractivity contribution >= 4 is 0 Å². The first kappa shape index (κ1) is 15.2. The number of hydrogen-bond acceptors (Lipinski definition) is 3. The Bertz CT molecular complexity index is 938. The summed E-state index contributed by atoms with van der Waals surface area (Å²) in [5.41, 5.74) is 5.85. The highest BCUT2D eigenvalue weighted by atomic mass is 14.9. The molecule has 2 heterocycles. The van der Waals surface area contributed by atoms with Crippen LogP contribution in [0.15, 0.2) is 85.1 Å². The van der Waals surface area contributed by atoms with Gasteiger partial charge in [0.15, 0.2) is 5.82 Å². The first-order valence-corrected chi connectivity index (χ1v) is 8.22. The molecule has 2 aromatic carbocycles. The molecule has 0 N–H and O–H groups in total. The van der Waals surface area contributed by atoms with E-state index >= 15 is 0 Å². The maximum absolute atomic E-state index is 4.80. The van der Waals surface area contributed by atoms with Crippen molar-refractivity contribution in [3.05, 3.63) is 90.6 Å². The Balaban J connectivity index is 1.92. The van der Waals surface area contributed by atoms with Gasteiger partial charge in [-0.15, -0.1) is 0 Å². The summed E-state index contributed by atoms with van der Waals surface area (Å²) < 4.78 is 0. The lowest BCUT2D eigenvalue weighted by molar-refractivity contribution is 1.16. The Labute approximate surface area is 147 Å². The van der Waals surface area contributed by atoms with Crippen LogP contribution < -0.4 is 0 Å². The van der Waals surface area contributed by atoms with Crippen molar-refractivity contribution in [1.29, 1.82) is 0 Å². The van der Waals surface area contributed by atoms with Gasteiger partial charge in [0.1, 0.15) is 0 Å². The van der Waals surface area contributed by atoms with Crippen LogP contribution in [-0.2, 0) is 0 Å². The molecule has 0 bridgehead atoms. The molecular weight excluding hydrogens is 306 g/mol. The second-order valence-electron chi connectivity index (χ2n) is 5.91. The monoisotopic (exact) mass is 323 g/mol. The summed E-state index contributed by atoms with van der Waals surface area (Å²) in [4.78, 5) is 14.0. The topological polar surface area (TPSA) is 38.7 Å². The van der Waals surface area contributed by atoms with Gasteiger partial charge in [-0.3, -0.25) is 4.98 Å². The number of benzene rings is 2. The van der Waals surface area contributed by atoms with Crippen molar-refractivity contribution in [3.8, 4) is 34.0 Å². The predicted molar refractivity (Wildman–Crippen MR) is 101 cm³/mol. The average Bonchev–Trinajstić information content (AvgIpc) is 2.69. The first-order valence-electron chi connectivity index (χ1n) is 8.22. The van der Waals surface area contributed by atoms with Crippen LogP contribution in [0, 0.1) is 6.92 Å². The molecule has 0 saturated carbocycles. The van der Waals surface area contributed by atoms with E-state index < -0.39 is 0 Å². The van der Waals surface area contributed by atoms with Gasteiger partial charge in [0, 0.05) is 17.3 Å². The summed E-state index contributed by atoms with van der Waals surface area (Å²) >= 11 is 0. The fourth-order valence-electron chi connectivity index (χ4n) is 2.76. The Kier molecular flexibility index (Phi) is 4.05. The Morgan fingerprint density at radius 2 is 1.36 bits per heavy atom. The molecule has 120 valence electrons. The molecule has 0 amide bonds. The minimum atomic E-state index is 0.709. The molecule has 0 aliphatic heterocycles. The van der Waals surface area contributed by atoms with E-state index in [1.165, 1.54) is 5.56 Å². The Hall–Kier alpha value is -3.33. The lowest BCUT2D eigenvalue weighted by Crippen LogP contribution is -1.96. The van der Waals surface area contributed by atoms with Gasteiger partial charge >= 0.3 is 0 Å². The van der Waals surface area contributed by atoms with Crippen LogP contribution in [0.3, 0.4) is 0 Å². The van der Waals surface area contributed by atoms with E-state index in [1.807, 2.05) is 54.6 Å². The zero-order valence-electron chi connectivity index (χ0n) is 13.9. The third kappa shape index (κ3) is 3.31. The molecule has 0 aliphatic rings. The molecule has 3 nitrogen and oxygen atoms in total. The lowest BCUT2D eigenvalue weighted by atomic mass is 10.1. The van der Waals surface area contributed by atoms with Crippen LogP contribution in [0.25, 0.3) is 34.0 Å². The van der Waals surface area contributed by atoms with Crippen LogP contribution in [0.1, 0.15) is 5.56 Å². The predicted octanol–water partition coefficient (Wildman–Crippen LogP) is 5.18. The molecule has 0 saturated heterocycles. The molecule has 4 aromatic rings. The highest BCUT2D eigenvalue weighted by molar-refractivity contribution is 5.70. The van der Waals surface area contributed by atoms with Gasteiger partial charge in [-0.25, -0.2) is 9.97 Å². The fourth-order valence-corrected chi connectivity index (χ4v) is 2.76. The molecule has 0 radical (unpaired) electrons. The summed E-state index contributed by atoms with van der Waals surface area (Å²) in [6.45, 7) is 2.09. The highest BCUT2D eigenvalue weighted by Crippen LogP contribution is 2.26. The molecule has 0 spiro atoms. The van der Waals surface area contributed by atoms with Gasteiger partial charge in [-0.1, -0.05) is 60.2 Å². The van der Waals surface area contributed by atoms with E-state index in [0.717, 1.165) is 28.2 Å². The van der Waals surface area contributed by atoms with Crippen molar-refractivity contribution < 1.29 is 0 Å². The standard InChI is InChI=1S/C22H17N3/c1-16-8-7-11-18(14-16)20-15-21(19-12-5-6-13-23-19)25-22(24-20)17-9-3-2-4-10-17/h2-15H,1H3. The number of aromatic nitrogens is 3. The van der Waals surface area contributed by atoms with Crippen LogP contribution in [0.4, 0.5) is 0 Å². The number of nitrogens with zero attached hydrogens (tertiary/aromatic N) is 3. The average molecular weight is 323 g/mol. The van der Waals surface area contributed by atoms with Gasteiger partial charge in [-0.05, 0) is 31.2 Å². The minimum absolute atomic E-state index is 0.709. The normalized spacial score (nSPS) is 10.6. The molecule has 4 rings (SSSR count). The fraction of sp³-hybridized carbons (Fsp3) is 0.0455. The minimum Gasteiger partial charge on any atom is -0.255 e. The van der Waals surface area contributed by atoms with Crippen LogP contribution in [-0.4, -0.2) is 15.0 Å². The van der Waals surface area contributed by atoms with Crippen LogP contribution in [0.2, 0.25) is 0 Å².